The molecule has 0 N–H and O–H groups in total. The maximum absolute atomic E-state index is 5.97. The van der Waals surface area contributed by atoms with Crippen LogP contribution in [0.25, 0.3) is 0 Å². The zero-order valence-electron chi connectivity index (χ0n) is 5.39. The van der Waals surface area contributed by atoms with Gasteiger partial charge >= 0.3 is 0 Å². The van der Waals surface area contributed by atoms with Crippen LogP contribution in [0.4, 0.5) is 0 Å². The fraction of sp³-hybridized carbons (Fsp3) is 0.429. The Morgan fingerprint density at radius 3 is 2.90 bits per heavy atom. The molecule has 1 aromatic heterocycles. The van der Waals surface area contributed by atoms with E-state index in [1.165, 1.54) is 4.88 Å². The summed E-state index contributed by atoms with van der Waals surface area (Å²) in [5, 5.41) is 2.14. The van der Waals surface area contributed by atoms with Gasteiger partial charge < -0.3 is 0 Å². The maximum Gasteiger partial charge on any atom is 0.0689 e. The molecule has 0 aliphatic heterocycles. The number of thiophene rings is 1. The lowest BCUT2D eigenvalue weighted by Gasteiger charge is -2.01. The van der Waals surface area contributed by atoms with E-state index in [0.717, 1.165) is 6.42 Å². The third-order valence-corrected chi connectivity index (χ3v) is 3.00. The minimum absolute atomic E-state index is 0.109. The Hall–Kier alpha value is 0.280. The van der Waals surface area contributed by atoms with Crippen molar-refractivity contribution >= 4 is 34.5 Å². The molecule has 0 saturated heterocycles. The van der Waals surface area contributed by atoms with Crippen molar-refractivity contribution in [1.29, 1.82) is 0 Å². The summed E-state index contributed by atoms with van der Waals surface area (Å²) in [6.07, 6.45) is 0.851. The largest absolute Gasteiger partial charge is 0.147 e. The van der Waals surface area contributed by atoms with Crippen LogP contribution in [0, 0.1) is 0 Å². The van der Waals surface area contributed by atoms with Crippen molar-refractivity contribution in [3.05, 3.63) is 22.4 Å². The zero-order chi connectivity index (χ0) is 7.40. The smallest absolute Gasteiger partial charge is 0.0689 e. The molecule has 0 radical (unpaired) electrons. The zero-order valence-corrected chi connectivity index (χ0v) is 7.72. The quantitative estimate of drug-likeness (QED) is 0.645. The standard InChI is InChI=1S/C7H8Cl2S/c8-4-3-6(9)7-2-1-5-10-7/h1-2,5-6H,3-4H2. The first-order valence-corrected chi connectivity index (χ1v) is 4.93. The molecule has 0 aromatic carbocycles. The molecule has 0 amide bonds. The van der Waals surface area contributed by atoms with Gasteiger partial charge in [0.2, 0.25) is 0 Å². The molecule has 3 heteroatoms. The predicted octanol–water partition coefficient (Wildman–Crippen LogP) is 3.66. The SMILES string of the molecule is ClCCC(Cl)c1cccs1. The molecule has 0 bridgehead atoms. The molecule has 10 heavy (non-hydrogen) atoms. The van der Waals surface area contributed by atoms with Gasteiger partial charge in [-0.05, 0) is 17.9 Å². The van der Waals surface area contributed by atoms with Crippen LogP contribution in [0.1, 0.15) is 16.7 Å². The summed E-state index contributed by atoms with van der Waals surface area (Å²) in [7, 11) is 0. The minimum atomic E-state index is 0.109. The second-order valence-electron chi connectivity index (χ2n) is 1.96. The highest BCUT2D eigenvalue weighted by Crippen LogP contribution is 2.27. The summed E-state index contributed by atoms with van der Waals surface area (Å²) < 4.78 is 0. The summed E-state index contributed by atoms with van der Waals surface area (Å²) in [4.78, 5) is 1.21. The van der Waals surface area contributed by atoms with Gasteiger partial charge in [0, 0.05) is 10.8 Å². The highest BCUT2D eigenvalue weighted by Gasteiger charge is 2.06. The van der Waals surface area contributed by atoms with Crippen LogP contribution in [-0.2, 0) is 0 Å². The number of halogens is 2. The van der Waals surface area contributed by atoms with Crippen molar-refractivity contribution in [3.8, 4) is 0 Å². The van der Waals surface area contributed by atoms with E-state index in [1.807, 2.05) is 17.5 Å². The monoisotopic (exact) mass is 194 g/mol. The first-order chi connectivity index (χ1) is 4.84. The Balaban J connectivity index is 2.50. The maximum atomic E-state index is 5.97. The molecule has 1 aromatic rings. The van der Waals surface area contributed by atoms with E-state index >= 15 is 0 Å². The molecule has 0 aliphatic carbocycles. The summed E-state index contributed by atoms with van der Waals surface area (Å²) >= 11 is 13.2. The van der Waals surface area contributed by atoms with Gasteiger partial charge in [0.25, 0.3) is 0 Å². The van der Waals surface area contributed by atoms with E-state index in [-0.39, 0.29) is 5.38 Å². The van der Waals surface area contributed by atoms with Crippen LogP contribution in [0.5, 0.6) is 0 Å². The molecule has 1 unspecified atom stereocenters. The second kappa shape index (κ2) is 4.22. The summed E-state index contributed by atoms with van der Waals surface area (Å²) in [6.45, 7) is 0. The highest BCUT2D eigenvalue weighted by molar-refractivity contribution is 7.10. The molecular weight excluding hydrogens is 187 g/mol. The van der Waals surface area contributed by atoms with Gasteiger partial charge in [-0.3, -0.25) is 0 Å². The molecule has 0 saturated carbocycles. The average Bonchev–Trinajstić information content (AvgIpc) is 2.38. The van der Waals surface area contributed by atoms with Gasteiger partial charge in [0.1, 0.15) is 0 Å². The first kappa shape index (κ1) is 8.38. The van der Waals surface area contributed by atoms with Crippen LogP contribution >= 0.6 is 34.5 Å². The third kappa shape index (κ3) is 2.15. The molecular formula is C7H8Cl2S. The summed E-state index contributed by atoms with van der Waals surface area (Å²) in [5.74, 6) is 0.631. The molecule has 1 heterocycles. The summed E-state index contributed by atoms with van der Waals surface area (Å²) in [5.41, 5.74) is 0. The van der Waals surface area contributed by atoms with E-state index < -0.39 is 0 Å². The average molecular weight is 195 g/mol. The van der Waals surface area contributed by atoms with E-state index in [1.54, 1.807) is 11.3 Å². The van der Waals surface area contributed by atoms with Gasteiger partial charge in [-0.2, -0.15) is 0 Å². The Morgan fingerprint density at radius 1 is 1.60 bits per heavy atom. The Labute approximate surface area is 74.8 Å². The van der Waals surface area contributed by atoms with Crippen molar-refractivity contribution in [1.82, 2.24) is 0 Å². The number of rotatable bonds is 3. The van der Waals surface area contributed by atoms with Gasteiger partial charge in [-0.15, -0.1) is 34.5 Å². The normalized spacial score (nSPS) is 13.4. The Morgan fingerprint density at radius 2 is 2.40 bits per heavy atom. The van der Waals surface area contributed by atoms with Crippen LogP contribution in [0.15, 0.2) is 17.5 Å². The minimum Gasteiger partial charge on any atom is -0.147 e. The molecule has 56 valence electrons. The number of hydrogen-bond donors (Lipinski definition) is 0. The van der Waals surface area contributed by atoms with Crippen molar-refractivity contribution < 1.29 is 0 Å². The molecule has 0 fully saturated rings. The van der Waals surface area contributed by atoms with Crippen LogP contribution in [-0.4, -0.2) is 5.88 Å². The number of hydrogen-bond acceptors (Lipinski definition) is 1. The lowest BCUT2D eigenvalue weighted by atomic mass is 10.3. The molecule has 1 rings (SSSR count). The van der Waals surface area contributed by atoms with E-state index in [9.17, 15) is 0 Å². The predicted molar refractivity (Wildman–Crippen MR) is 48.3 cm³/mol. The molecule has 0 aliphatic rings. The van der Waals surface area contributed by atoms with Crippen LogP contribution in [0.3, 0.4) is 0 Å². The van der Waals surface area contributed by atoms with Gasteiger partial charge in [0.05, 0.1) is 5.38 Å². The van der Waals surface area contributed by atoms with Crippen molar-refractivity contribution in [2.24, 2.45) is 0 Å². The van der Waals surface area contributed by atoms with Gasteiger partial charge in [0.15, 0.2) is 0 Å². The molecule has 1 atom stereocenters. The fourth-order valence-corrected chi connectivity index (χ4v) is 2.11. The van der Waals surface area contributed by atoms with E-state index in [4.69, 9.17) is 23.2 Å². The highest BCUT2D eigenvalue weighted by atomic mass is 35.5. The Kier molecular flexibility index (Phi) is 3.53. The third-order valence-electron chi connectivity index (χ3n) is 1.21. The number of alkyl halides is 2. The molecule has 0 nitrogen and oxygen atoms in total. The fourth-order valence-electron chi connectivity index (χ4n) is 0.708. The van der Waals surface area contributed by atoms with Crippen LogP contribution < -0.4 is 0 Å². The second-order valence-corrected chi connectivity index (χ2v) is 3.84. The van der Waals surface area contributed by atoms with E-state index in [0.29, 0.717) is 5.88 Å². The Bertz CT molecular complexity index is 172. The van der Waals surface area contributed by atoms with Gasteiger partial charge in [-0.25, -0.2) is 0 Å². The molecule has 0 spiro atoms. The first-order valence-electron chi connectivity index (χ1n) is 3.08. The van der Waals surface area contributed by atoms with Crippen molar-refractivity contribution in [3.63, 3.8) is 0 Å². The lowest BCUT2D eigenvalue weighted by molar-refractivity contribution is 0.908. The van der Waals surface area contributed by atoms with Gasteiger partial charge in [-0.1, -0.05) is 6.07 Å². The van der Waals surface area contributed by atoms with Crippen molar-refractivity contribution in [2.45, 2.75) is 11.8 Å². The summed E-state index contributed by atoms with van der Waals surface area (Å²) in [6, 6.07) is 4.04. The topological polar surface area (TPSA) is 0 Å². The van der Waals surface area contributed by atoms with Crippen LogP contribution in [0.2, 0.25) is 0 Å². The van der Waals surface area contributed by atoms with E-state index in [2.05, 4.69) is 0 Å². The van der Waals surface area contributed by atoms with Crippen molar-refractivity contribution in [2.75, 3.05) is 5.88 Å². The lowest BCUT2D eigenvalue weighted by Crippen LogP contribution is -1.86.